The lowest BCUT2D eigenvalue weighted by molar-refractivity contribution is 0.817. The largest absolute Gasteiger partial charge is 0.357 e. The molecule has 1 heterocycles. The molecule has 0 unspecified atom stereocenters. The second kappa shape index (κ2) is 4.05. The molecule has 0 saturated heterocycles. The van der Waals surface area contributed by atoms with E-state index in [4.69, 9.17) is 23.2 Å². The lowest BCUT2D eigenvalue weighted by atomic mass is 10.1. The first-order valence-corrected chi connectivity index (χ1v) is 5.50. The number of H-pyrrole nitrogens is 1. The van der Waals surface area contributed by atoms with E-state index in [0.29, 0.717) is 5.02 Å². The summed E-state index contributed by atoms with van der Waals surface area (Å²) in [5, 5.41) is 5.60. The third-order valence-electron chi connectivity index (χ3n) is 2.52. The monoisotopic (exact) mass is 242 g/mol. The Morgan fingerprint density at radius 3 is 2.60 bits per heavy atom. The fourth-order valence-electron chi connectivity index (χ4n) is 1.82. The Hall–Kier alpha value is -0.700. The summed E-state index contributed by atoms with van der Waals surface area (Å²) in [6, 6.07) is 3.64. The second-order valence-corrected chi connectivity index (χ2v) is 4.35. The van der Waals surface area contributed by atoms with E-state index in [1.54, 1.807) is 0 Å². The molecule has 2 aromatic rings. The highest BCUT2D eigenvalue weighted by molar-refractivity contribution is 6.40. The van der Waals surface area contributed by atoms with Crippen molar-refractivity contribution in [2.45, 2.75) is 13.5 Å². The van der Waals surface area contributed by atoms with E-state index in [1.165, 1.54) is 5.56 Å². The van der Waals surface area contributed by atoms with E-state index in [9.17, 15) is 0 Å². The molecule has 4 heteroatoms. The number of aromatic amines is 1. The van der Waals surface area contributed by atoms with Gasteiger partial charge in [-0.1, -0.05) is 23.2 Å². The molecule has 1 aromatic carbocycles. The average Bonchev–Trinajstić information content (AvgIpc) is 2.53. The van der Waals surface area contributed by atoms with Gasteiger partial charge in [0.25, 0.3) is 0 Å². The molecule has 0 fully saturated rings. The third kappa shape index (κ3) is 1.73. The zero-order valence-corrected chi connectivity index (χ0v) is 10.1. The van der Waals surface area contributed by atoms with Gasteiger partial charge in [0.05, 0.1) is 15.6 Å². The quantitative estimate of drug-likeness (QED) is 0.829. The van der Waals surface area contributed by atoms with Gasteiger partial charge >= 0.3 is 0 Å². The maximum Gasteiger partial charge on any atom is 0.0663 e. The van der Waals surface area contributed by atoms with Crippen LogP contribution in [0.1, 0.15) is 11.3 Å². The molecule has 2 nitrogen and oxygen atoms in total. The summed E-state index contributed by atoms with van der Waals surface area (Å²) >= 11 is 12.3. The maximum atomic E-state index is 6.18. The van der Waals surface area contributed by atoms with Gasteiger partial charge in [-0.15, -0.1) is 0 Å². The Morgan fingerprint density at radius 2 is 1.93 bits per heavy atom. The number of hydrogen-bond acceptors (Lipinski definition) is 1. The van der Waals surface area contributed by atoms with Crippen molar-refractivity contribution in [1.82, 2.24) is 10.3 Å². The van der Waals surface area contributed by atoms with Crippen molar-refractivity contribution >= 4 is 34.1 Å². The Bertz CT molecular complexity index is 503. The molecule has 2 rings (SSSR count). The fraction of sp³-hybridized carbons (Fsp3) is 0.273. The number of fused-ring (bicyclic) bond motifs is 1. The molecule has 0 atom stereocenters. The number of aryl methyl sites for hydroxylation is 1. The van der Waals surface area contributed by atoms with Crippen molar-refractivity contribution in [2.24, 2.45) is 0 Å². The predicted octanol–water partition coefficient (Wildman–Crippen LogP) is 3.50. The van der Waals surface area contributed by atoms with Gasteiger partial charge in [0, 0.05) is 17.6 Å². The van der Waals surface area contributed by atoms with Crippen molar-refractivity contribution in [3.8, 4) is 0 Å². The normalized spacial score (nSPS) is 11.2. The number of benzene rings is 1. The highest BCUT2D eigenvalue weighted by Gasteiger charge is 2.12. The van der Waals surface area contributed by atoms with E-state index in [-0.39, 0.29) is 0 Å². The van der Waals surface area contributed by atoms with E-state index in [1.807, 2.05) is 26.1 Å². The topological polar surface area (TPSA) is 27.8 Å². The second-order valence-electron chi connectivity index (χ2n) is 3.54. The van der Waals surface area contributed by atoms with Gasteiger partial charge in [-0.25, -0.2) is 0 Å². The minimum absolute atomic E-state index is 0.708. The molecule has 15 heavy (non-hydrogen) atoms. The fourth-order valence-corrected chi connectivity index (χ4v) is 2.29. The Morgan fingerprint density at radius 1 is 1.27 bits per heavy atom. The molecule has 0 spiro atoms. The Balaban J connectivity index is 2.79. The predicted molar refractivity (Wildman–Crippen MR) is 65.8 cm³/mol. The summed E-state index contributed by atoms with van der Waals surface area (Å²) in [6.45, 7) is 2.81. The molecular weight excluding hydrogens is 231 g/mol. The molecule has 0 aliphatic carbocycles. The zero-order valence-electron chi connectivity index (χ0n) is 8.62. The first-order chi connectivity index (χ1) is 7.15. The lowest BCUT2D eigenvalue weighted by Gasteiger charge is -2.01. The van der Waals surface area contributed by atoms with E-state index >= 15 is 0 Å². The van der Waals surface area contributed by atoms with Crippen LogP contribution in [-0.4, -0.2) is 12.0 Å². The van der Waals surface area contributed by atoms with Gasteiger partial charge in [-0.2, -0.15) is 0 Å². The van der Waals surface area contributed by atoms with Gasteiger partial charge in [0.15, 0.2) is 0 Å². The third-order valence-corrected chi connectivity index (χ3v) is 3.15. The van der Waals surface area contributed by atoms with E-state index in [2.05, 4.69) is 10.3 Å². The SMILES string of the molecule is CNCc1c(C)[nH]c2c(Cl)ccc(Cl)c12. The van der Waals surface area contributed by atoms with E-state index in [0.717, 1.165) is 28.2 Å². The summed E-state index contributed by atoms with van der Waals surface area (Å²) in [4.78, 5) is 3.26. The van der Waals surface area contributed by atoms with Gasteiger partial charge in [0.1, 0.15) is 0 Å². The van der Waals surface area contributed by atoms with Crippen LogP contribution in [0.3, 0.4) is 0 Å². The standard InChI is InChI=1S/C11H12Cl2N2/c1-6-7(5-14-2)10-8(12)3-4-9(13)11(10)15-6/h3-4,14-15H,5H2,1-2H3. The molecule has 0 aliphatic rings. The average molecular weight is 243 g/mol. The molecule has 80 valence electrons. The highest BCUT2D eigenvalue weighted by Crippen LogP contribution is 2.33. The van der Waals surface area contributed by atoms with E-state index < -0.39 is 0 Å². The molecule has 0 aliphatic heterocycles. The van der Waals surface area contributed by atoms with Crippen molar-refractivity contribution in [3.05, 3.63) is 33.4 Å². The minimum Gasteiger partial charge on any atom is -0.357 e. The minimum atomic E-state index is 0.708. The van der Waals surface area contributed by atoms with Crippen LogP contribution in [0.4, 0.5) is 0 Å². The Kier molecular flexibility index (Phi) is 2.91. The van der Waals surface area contributed by atoms with Crippen LogP contribution in [0.15, 0.2) is 12.1 Å². The van der Waals surface area contributed by atoms with Gasteiger partial charge in [0.2, 0.25) is 0 Å². The smallest absolute Gasteiger partial charge is 0.0663 e. The van der Waals surface area contributed by atoms with Crippen LogP contribution in [0.25, 0.3) is 10.9 Å². The van der Waals surface area contributed by atoms with Crippen LogP contribution >= 0.6 is 23.2 Å². The highest BCUT2D eigenvalue weighted by atomic mass is 35.5. The first kappa shape index (κ1) is 10.8. The van der Waals surface area contributed by atoms with Crippen LogP contribution in [-0.2, 0) is 6.54 Å². The van der Waals surface area contributed by atoms with Crippen LogP contribution in [0.5, 0.6) is 0 Å². The molecule has 1 aromatic heterocycles. The molecule has 2 N–H and O–H groups in total. The molecule has 0 radical (unpaired) electrons. The summed E-state index contributed by atoms with van der Waals surface area (Å²) in [5.41, 5.74) is 3.21. The lowest BCUT2D eigenvalue weighted by Crippen LogP contribution is -2.05. The van der Waals surface area contributed by atoms with Crippen LogP contribution < -0.4 is 5.32 Å². The number of aromatic nitrogens is 1. The van der Waals surface area contributed by atoms with Gasteiger partial charge in [-0.3, -0.25) is 0 Å². The number of nitrogens with one attached hydrogen (secondary N) is 2. The summed E-state index contributed by atoms with van der Waals surface area (Å²) in [6.07, 6.45) is 0. The van der Waals surface area contributed by atoms with Crippen molar-refractivity contribution in [2.75, 3.05) is 7.05 Å². The number of hydrogen-bond donors (Lipinski definition) is 2. The zero-order chi connectivity index (χ0) is 11.0. The number of rotatable bonds is 2. The molecule has 0 bridgehead atoms. The maximum absolute atomic E-state index is 6.18. The first-order valence-electron chi connectivity index (χ1n) is 4.75. The molecule has 0 amide bonds. The molecular formula is C11H12Cl2N2. The Labute approximate surface area is 98.6 Å². The van der Waals surface area contributed by atoms with Crippen molar-refractivity contribution in [3.63, 3.8) is 0 Å². The molecule has 0 saturated carbocycles. The summed E-state index contributed by atoms with van der Waals surface area (Å²) in [7, 11) is 1.91. The van der Waals surface area contributed by atoms with Crippen molar-refractivity contribution < 1.29 is 0 Å². The van der Waals surface area contributed by atoms with Gasteiger partial charge < -0.3 is 10.3 Å². The van der Waals surface area contributed by atoms with Gasteiger partial charge in [-0.05, 0) is 31.7 Å². The van der Waals surface area contributed by atoms with Crippen molar-refractivity contribution in [1.29, 1.82) is 0 Å². The summed E-state index contributed by atoms with van der Waals surface area (Å²) < 4.78 is 0. The van der Waals surface area contributed by atoms with Crippen LogP contribution in [0, 0.1) is 6.92 Å². The van der Waals surface area contributed by atoms with Crippen LogP contribution in [0.2, 0.25) is 10.0 Å². The number of halogens is 2. The summed E-state index contributed by atoms with van der Waals surface area (Å²) in [5.74, 6) is 0.